The Balaban J connectivity index is 1.91. The Kier molecular flexibility index (Phi) is 4.76. The number of halogens is 1. The maximum absolute atomic E-state index is 13.5. The molecule has 1 unspecified atom stereocenters. The van der Waals surface area contributed by atoms with Gasteiger partial charge in [0.05, 0.1) is 5.92 Å². The van der Waals surface area contributed by atoms with Gasteiger partial charge in [-0.1, -0.05) is 0 Å². The Labute approximate surface area is 146 Å². The van der Waals surface area contributed by atoms with Gasteiger partial charge in [0.2, 0.25) is 5.91 Å². The second-order valence-electron chi connectivity index (χ2n) is 6.64. The van der Waals surface area contributed by atoms with Crippen LogP contribution in [-0.4, -0.2) is 66.9 Å². The summed E-state index contributed by atoms with van der Waals surface area (Å²) >= 11 is 0. The van der Waals surface area contributed by atoms with Crippen LogP contribution < -0.4 is 5.32 Å². The lowest BCUT2D eigenvalue weighted by atomic mass is 10.1. The summed E-state index contributed by atoms with van der Waals surface area (Å²) < 4.78 is 13.5. The average Bonchev–Trinajstić information content (AvgIpc) is 2.78. The van der Waals surface area contributed by atoms with Crippen LogP contribution in [0.25, 0.3) is 10.9 Å². The fourth-order valence-electron chi connectivity index (χ4n) is 3.40. The zero-order valence-corrected chi connectivity index (χ0v) is 14.7. The molecule has 1 aromatic carbocycles. The third kappa shape index (κ3) is 3.37. The van der Waals surface area contributed by atoms with E-state index in [0.717, 1.165) is 11.1 Å². The molecule has 1 aliphatic rings. The molecule has 0 radical (unpaired) electrons. The van der Waals surface area contributed by atoms with Gasteiger partial charge in [-0.05, 0) is 37.7 Å². The molecule has 0 spiro atoms. The van der Waals surface area contributed by atoms with Crippen molar-refractivity contribution < 1.29 is 14.0 Å². The number of carbonyl (C=O) groups is 2. The molecule has 2 amide bonds. The number of nitrogens with one attached hydrogen (secondary N) is 2. The highest BCUT2D eigenvalue weighted by atomic mass is 19.1. The first kappa shape index (κ1) is 17.4. The Hall–Kier alpha value is -2.41. The number of rotatable bonds is 2. The number of hydrogen-bond donors (Lipinski definition) is 2. The van der Waals surface area contributed by atoms with Crippen molar-refractivity contribution in [1.29, 1.82) is 0 Å². The van der Waals surface area contributed by atoms with Crippen molar-refractivity contribution in [3.63, 3.8) is 0 Å². The van der Waals surface area contributed by atoms with Gasteiger partial charge in [0.15, 0.2) is 0 Å². The van der Waals surface area contributed by atoms with Crippen LogP contribution in [0.15, 0.2) is 18.2 Å². The molecule has 1 fully saturated rings. The molecular formula is C18H23FN4O2. The van der Waals surface area contributed by atoms with E-state index in [9.17, 15) is 14.0 Å². The smallest absolute Gasteiger partial charge is 0.270 e. The van der Waals surface area contributed by atoms with Gasteiger partial charge in [0, 0.05) is 44.1 Å². The molecule has 2 N–H and O–H groups in total. The van der Waals surface area contributed by atoms with E-state index < -0.39 is 0 Å². The highest BCUT2D eigenvalue weighted by molar-refractivity contribution is 6.01. The first-order chi connectivity index (χ1) is 11.9. The third-order valence-corrected chi connectivity index (χ3v) is 4.86. The van der Waals surface area contributed by atoms with E-state index in [1.807, 2.05) is 14.0 Å². The fourth-order valence-corrected chi connectivity index (χ4v) is 3.40. The molecule has 1 saturated heterocycles. The molecule has 6 nitrogen and oxygen atoms in total. The van der Waals surface area contributed by atoms with Gasteiger partial charge in [-0.15, -0.1) is 0 Å². The summed E-state index contributed by atoms with van der Waals surface area (Å²) in [5.41, 5.74) is 1.92. The molecule has 3 rings (SSSR count). The zero-order valence-electron chi connectivity index (χ0n) is 14.7. The maximum Gasteiger partial charge on any atom is 0.270 e. The number of aromatic amines is 1. The molecule has 1 aliphatic heterocycles. The summed E-state index contributed by atoms with van der Waals surface area (Å²) in [6.07, 6.45) is 0. The molecule has 25 heavy (non-hydrogen) atoms. The number of nitrogens with zero attached hydrogens (tertiary/aromatic N) is 2. The number of carbonyl (C=O) groups excluding carboxylic acids is 2. The van der Waals surface area contributed by atoms with Gasteiger partial charge < -0.3 is 20.1 Å². The SMILES string of the molecule is CNC(=O)C1CN(C)CCN(C(=O)c2[nH]c3ccc(F)cc3c2C)C1. The van der Waals surface area contributed by atoms with Gasteiger partial charge in [0.25, 0.3) is 5.91 Å². The number of amides is 2. The number of fused-ring (bicyclic) bond motifs is 1. The molecule has 0 saturated carbocycles. The van der Waals surface area contributed by atoms with E-state index in [1.165, 1.54) is 12.1 Å². The number of likely N-dealkylation sites (N-methyl/N-ethyl adjacent to an activating group) is 1. The van der Waals surface area contributed by atoms with Crippen LogP contribution >= 0.6 is 0 Å². The summed E-state index contributed by atoms with van der Waals surface area (Å²) in [4.78, 5) is 32.0. The topological polar surface area (TPSA) is 68.4 Å². The van der Waals surface area contributed by atoms with Gasteiger partial charge in [0.1, 0.15) is 11.5 Å². The molecule has 2 heterocycles. The zero-order chi connectivity index (χ0) is 18.1. The Bertz CT molecular complexity index is 817. The van der Waals surface area contributed by atoms with E-state index in [1.54, 1.807) is 18.0 Å². The monoisotopic (exact) mass is 346 g/mol. The first-order valence-electron chi connectivity index (χ1n) is 8.38. The van der Waals surface area contributed by atoms with Crippen LogP contribution in [0.4, 0.5) is 4.39 Å². The second kappa shape index (κ2) is 6.84. The van der Waals surface area contributed by atoms with Crippen LogP contribution in [0.2, 0.25) is 0 Å². The quantitative estimate of drug-likeness (QED) is 0.863. The minimum Gasteiger partial charge on any atom is -0.359 e. The van der Waals surface area contributed by atoms with Crippen molar-refractivity contribution in [3.05, 3.63) is 35.3 Å². The summed E-state index contributed by atoms with van der Waals surface area (Å²) in [7, 11) is 3.55. The van der Waals surface area contributed by atoms with Crippen LogP contribution in [0, 0.1) is 18.7 Å². The van der Waals surface area contributed by atoms with E-state index in [2.05, 4.69) is 15.2 Å². The lowest BCUT2D eigenvalue weighted by Gasteiger charge is -2.23. The number of aryl methyl sites for hydroxylation is 1. The molecule has 1 aromatic heterocycles. The minimum absolute atomic E-state index is 0.0676. The first-order valence-corrected chi connectivity index (χ1v) is 8.38. The summed E-state index contributed by atoms with van der Waals surface area (Å²) in [5, 5.41) is 3.37. The maximum atomic E-state index is 13.5. The normalized spacial score (nSPS) is 19.0. The van der Waals surface area contributed by atoms with Crippen molar-refractivity contribution in [2.75, 3.05) is 40.3 Å². The van der Waals surface area contributed by atoms with E-state index >= 15 is 0 Å². The predicted molar refractivity (Wildman–Crippen MR) is 94.0 cm³/mol. The standard InChI is InChI=1S/C18H23FN4O2/c1-11-14-8-13(19)4-5-15(14)21-16(11)18(25)23-7-6-22(3)9-12(10-23)17(24)20-2/h4-5,8,12,21H,6-7,9-10H2,1-3H3,(H,20,24). The van der Waals surface area contributed by atoms with Gasteiger partial charge in [-0.3, -0.25) is 9.59 Å². The highest BCUT2D eigenvalue weighted by Crippen LogP contribution is 2.24. The molecule has 134 valence electrons. The molecule has 7 heteroatoms. The van der Waals surface area contributed by atoms with Gasteiger partial charge >= 0.3 is 0 Å². The largest absolute Gasteiger partial charge is 0.359 e. The number of aromatic nitrogens is 1. The number of benzene rings is 1. The van der Waals surface area contributed by atoms with Gasteiger partial charge in [-0.25, -0.2) is 4.39 Å². The van der Waals surface area contributed by atoms with Crippen molar-refractivity contribution in [2.24, 2.45) is 5.92 Å². The van der Waals surface area contributed by atoms with E-state index in [4.69, 9.17) is 0 Å². The third-order valence-electron chi connectivity index (χ3n) is 4.86. The Morgan fingerprint density at radius 3 is 2.76 bits per heavy atom. The lowest BCUT2D eigenvalue weighted by molar-refractivity contribution is -0.125. The van der Waals surface area contributed by atoms with Crippen molar-refractivity contribution >= 4 is 22.7 Å². The molecule has 1 atom stereocenters. The Morgan fingerprint density at radius 2 is 2.04 bits per heavy atom. The summed E-state index contributed by atoms with van der Waals surface area (Å²) in [6, 6.07) is 4.44. The number of hydrogen-bond acceptors (Lipinski definition) is 3. The Morgan fingerprint density at radius 1 is 1.28 bits per heavy atom. The minimum atomic E-state index is -0.329. The molecule has 2 aromatic rings. The molecule has 0 bridgehead atoms. The van der Waals surface area contributed by atoms with E-state index in [0.29, 0.717) is 37.3 Å². The summed E-state index contributed by atoms with van der Waals surface area (Å²) in [5.74, 6) is -0.825. The van der Waals surface area contributed by atoms with Gasteiger partial charge in [-0.2, -0.15) is 0 Å². The van der Waals surface area contributed by atoms with Crippen molar-refractivity contribution in [1.82, 2.24) is 20.1 Å². The van der Waals surface area contributed by atoms with Crippen LogP contribution in [-0.2, 0) is 4.79 Å². The second-order valence-corrected chi connectivity index (χ2v) is 6.64. The fraction of sp³-hybridized carbons (Fsp3) is 0.444. The predicted octanol–water partition coefficient (Wildman–Crippen LogP) is 1.37. The van der Waals surface area contributed by atoms with Crippen molar-refractivity contribution in [3.8, 4) is 0 Å². The van der Waals surface area contributed by atoms with Crippen LogP contribution in [0.3, 0.4) is 0 Å². The van der Waals surface area contributed by atoms with E-state index in [-0.39, 0.29) is 23.5 Å². The highest BCUT2D eigenvalue weighted by Gasteiger charge is 2.30. The van der Waals surface area contributed by atoms with Crippen LogP contribution in [0.1, 0.15) is 16.1 Å². The van der Waals surface area contributed by atoms with Crippen LogP contribution in [0.5, 0.6) is 0 Å². The lowest BCUT2D eigenvalue weighted by Crippen LogP contribution is -2.41. The molecule has 0 aliphatic carbocycles. The van der Waals surface area contributed by atoms with Crippen molar-refractivity contribution in [2.45, 2.75) is 6.92 Å². The molecular weight excluding hydrogens is 323 g/mol. The average molecular weight is 346 g/mol. The summed E-state index contributed by atoms with van der Waals surface area (Å²) in [6.45, 7) is 4.04. The number of H-pyrrole nitrogens is 1.